The fourth-order valence-corrected chi connectivity index (χ4v) is 2.70. The summed E-state index contributed by atoms with van der Waals surface area (Å²) >= 11 is 5.98. The van der Waals surface area contributed by atoms with E-state index in [0.29, 0.717) is 16.1 Å². The Hall–Kier alpha value is -2.59. The molecule has 0 spiro atoms. The van der Waals surface area contributed by atoms with Crippen molar-refractivity contribution < 1.29 is 4.79 Å². The fraction of sp³-hybridized carbons (Fsp3) is 0.111. The third kappa shape index (κ3) is 2.85. The summed E-state index contributed by atoms with van der Waals surface area (Å²) in [6.45, 7) is 1.90. The Kier molecular flexibility index (Phi) is 3.92. The van der Waals surface area contributed by atoms with E-state index in [4.69, 9.17) is 11.6 Å². The lowest BCUT2D eigenvalue weighted by Gasteiger charge is -2.11. The van der Waals surface area contributed by atoms with E-state index in [1.165, 1.54) is 0 Å². The van der Waals surface area contributed by atoms with Gasteiger partial charge in [0.25, 0.3) is 5.91 Å². The van der Waals surface area contributed by atoms with Crippen molar-refractivity contribution in [3.05, 3.63) is 75.0 Å². The molecule has 4 nitrogen and oxygen atoms in total. The minimum absolute atomic E-state index is 0.0884. The van der Waals surface area contributed by atoms with Gasteiger partial charge in [0, 0.05) is 29.3 Å². The zero-order chi connectivity index (χ0) is 16.6. The summed E-state index contributed by atoms with van der Waals surface area (Å²) in [6, 6.07) is 12.5. The summed E-state index contributed by atoms with van der Waals surface area (Å²) < 4.78 is 1.75. The van der Waals surface area contributed by atoms with Crippen LogP contribution in [0.2, 0.25) is 5.02 Å². The highest BCUT2D eigenvalue weighted by molar-refractivity contribution is 6.31. The maximum Gasteiger partial charge on any atom is 0.261 e. The maximum atomic E-state index is 12.6. The maximum absolute atomic E-state index is 12.6. The number of carbonyl (C=O) groups is 1. The predicted octanol–water partition coefficient (Wildman–Crippen LogP) is 3.75. The van der Waals surface area contributed by atoms with E-state index >= 15 is 0 Å². The van der Waals surface area contributed by atoms with Crippen LogP contribution in [-0.2, 0) is 7.05 Å². The van der Waals surface area contributed by atoms with Gasteiger partial charge in [0.05, 0.1) is 5.52 Å². The Bertz CT molecular complexity index is 976. The molecule has 0 bridgehead atoms. The van der Waals surface area contributed by atoms with Crippen molar-refractivity contribution in [3.63, 3.8) is 0 Å². The van der Waals surface area contributed by atoms with Crippen LogP contribution < -0.4 is 10.7 Å². The first-order chi connectivity index (χ1) is 11.0. The number of anilines is 1. The van der Waals surface area contributed by atoms with Crippen LogP contribution in [0.5, 0.6) is 0 Å². The predicted molar refractivity (Wildman–Crippen MR) is 93.3 cm³/mol. The van der Waals surface area contributed by atoms with Gasteiger partial charge in [0.2, 0.25) is 5.43 Å². The molecule has 0 atom stereocenters. The van der Waals surface area contributed by atoms with Gasteiger partial charge < -0.3 is 9.88 Å². The highest BCUT2D eigenvalue weighted by Gasteiger charge is 2.15. The largest absolute Gasteiger partial charge is 0.350 e. The Balaban J connectivity index is 2.09. The van der Waals surface area contributed by atoms with E-state index in [2.05, 4.69) is 5.32 Å². The molecule has 3 rings (SSSR count). The summed E-state index contributed by atoms with van der Waals surface area (Å²) in [5.41, 5.74) is 2.11. The molecule has 0 saturated carbocycles. The molecule has 23 heavy (non-hydrogen) atoms. The van der Waals surface area contributed by atoms with Crippen molar-refractivity contribution in [2.75, 3.05) is 5.32 Å². The Morgan fingerprint density at radius 3 is 2.65 bits per heavy atom. The molecule has 116 valence electrons. The van der Waals surface area contributed by atoms with Gasteiger partial charge in [-0.3, -0.25) is 9.59 Å². The first-order valence-electron chi connectivity index (χ1n) is 7.13. The summed E-state index contributed by atoms with van der Waals surface area (Å²) in [5, 5.41) is 3.68. The van der Waals surface area contributed by atoms with E-state index in [9.17, 15) is 9.59 Å². The van der Waals surface area contributed by atoms with Crippen molar-refractivity contribution in [2.45, 2.75) is 6.92 Å². The summed E-state index contributed by atoms with van der Waals surface area (Å²) in [6.07, 6.45) is 1.55. The summed E-state index contributed by atoms with van der Waals surface area (Å²) in [4.78, 5) is 25.1. The number of hydrogen-bond acceptors (Lipinski definition) is 2. The van der Waals surface area contributed by atoms with E-state index in [1.807, 2.05) is 25.1 Å². The third-order valence-corrected chi connectivity index (χ3v) is 4.02. The average Bonchev–Trinajstić information content (AvgIpc) is 2.53. The minimum Gasteiger partial charge on any atom is -0.350 e. The molecule has 1 amide bonds. The monoisotopic (exact) mass is 326 g/mol. The number of benzene rings is 2. The number of hydrogen-bond donors (Lipinski definition) is 1. The molecule has 0 unspecified atom stereocenters. The molecule has 2 aromatic carbocycles. The van der Waals surface area contributed by atoms with E-state index in [0.717, 1.165) is 11.1 Å². The molecule has 0 fully saturated rings. The zero-order valence-electron chi connectivity index (χ0n) is 12.8. The minimum atomic E-state index is -0.429. The van der Waals surface area contributed by atoms with Gasteiger partial charge in [-0.2, -0.15) is 0 Å². The van der Waals surface area contributed by atoms with Crippen molar-refractivity contribution >= 4 is 34.1 Å². The van der Waals surface area contributed by atoms with Crippen LogP contribution in [0.15, 0.2) is 53.5 Å². The number of aromatic nitrogens is 1. The molecule has 0 radical (unpaired) electrons. The molecule has 0 aliphatic rings. The second-order valence-corrected chi connectivity index (χ2v) is 5.85. The Morgan fingerprint density at radius 2 is 1.91 bits per heavy atom. The van der Waals surface area contributed by atoms with Crippen molar-refractivity contribution in [1.29, 1.82) is 0 Å². The third-order valence-electron chi connectivity index (χ3n) is 3.79. The smallest absolute Gasteiger partial charge is 0.261 e. The van der Waals surface area contributed by atoms with Crippen LogP contribution in [0, 0.1) is 6.92 Å². The molecule has 0 saturated heterocycles. The van der Waals surface area contributed by atoms with E-state index in [-0.39, 0.29) is 11.0 Å². The molecule has 3 aromatic rings. The first kappa shape index (κ1) is 15.3. The van der Waals surface area contributed by atoms with Crippen LogP contribution in [-0.4, -0.2) is 10.5 Å². The number of nitrogens with zero attached hydrogens (tertiary/aromatic N) is 1. The van der Waals surface area contributed by atoms with Crippen LogP contribution in [0.1, 0.15) is 15.9 Å². The number of amides is 1. The number of pyridine rings is 1. The number of rotatable bonds is 2. The molecule has 5 heteroatoms. The second-order valence-electron chi connectivity index (χ2n) is 5.41. The fourth-order valence-electron chi connectivity index (χ4n) is 2.53. The van der Waals surface area contributed by atoms with Gasteiger partial charge >= 0.3 is 0 Å². The summed E-state index contributed by atoms with van der Waals surface area (Å²) in [5.74, 6) is -0.429. The van der Waals surface area contributed by atoms with Crippen molar-refractivity contribution in [2.24, 2.45) is 7.05 Å². The van der Waals surface area contributed by atoms with Gasteiger partial charge in [-0.25, -0.2) is 0 Å². The molecule has 0 aliphatic heterocycles. The van der Waals surface area contributed by atoms with Gasteiger partial charge in [0.15, 0.2) is 0 Å². The molecule has 1 N–H and O–H groups in total. The average molecular weight is 327 g/mol. The Labute approximate surface area is 138 Å². The number of halogens is 1. The number of aryl methyl sites for hydroxylation is 2. The molecular weight excluding hydrogens is 312 g/mol. The topological polar surface area (TPSA) is 51.1 Å². The Morgan fingerprint density at radius 1 is 1.17 bits per heavy atom. The highest BCUT2D eigenvalue weighted by Crippen LogP contribution is 2.18. The lowest BCUT2D eigenvalue weighted by Crippen LogP contribution is -2.23. The van der Waals surface area contributed by atoms with Crippen molar-refractivity contribution in [1.82, 2.24) is 4.57 Å². The number of para-hydroxylation sites is 1. The quantitative estimate of drug-likeness (QED) is 0.779. The molecular formula is C18H15ClN2O2. The van der Waals surface area contributed by atoms with Gasteiger partial charge in [-0.15, -0.1) is 0 Å². The number of nitrogens with one attached hydrogen (secondary N) is 1. The van der Waals surface area contributed by atoms with E-state index < -0.39 is 5.91 Å². The normalized spacial score (nSPS) is 10.7. The molecule has 0 aliphatic carbocycles. The van der Waals surface area contributed by atoms with E-state index in [1.54, 1.807) is 42.1 Å². The lowest BCUT2D eigenvalue weighted by molar-refractivity contribution is 0.102. The zero-order valence-corrected chi connectivity index (χ0v) is 13.5. The van der Waals surface area contributed by atoms with Gasteiger partial charge in [-0.05, 0) is 36.8 Å². The number of fused-ring (bicyclic) bond motifs is 1. The molecule has 1 aromatic heterocycles. The van der Waals surface area contributed by atoms with Crippen LogP contribution >= 0.6 is 11.6 Å². The first-order valence-corrected chi connectivity index (χ1v) is 7.51. The van der Waals surface area contributed by atoms with Gasteiger partial charge in [0.1, 0.15) is 5.56 Å². The highest BCUT2D eigenvalue weighted by atomic mass is 35.5. The van der Waals surface area contributed by atoms with Crippen molar-refractivity contribution in [3.8, 4) is 0 Å². The second kappa shape index (κ2) is 5.89. The lowest BCUT2D eigenvalue weighted by atomic mass is 10.1. The van der Waals surface area contributed by atoms with Gasteiger partial charge in [-0.1, -0.05) is 29.8 Å². The molecule has 1 heterocycles. The SMILES string of the molecule is Cc1ccccc1NC(=O)c1cn(C)c2ccc(Cl)cc2c1=O. The number of carbonyl (C=O) groups excluding carboxylic acids is 1. The standard InChI is InChI=1S/C18H15ClN2O2/c1-11-5-3-4-6-15(11)20-18(23)14-10-21(2)16-8-7-12(19)9-13(16)17(14)22/h3-10H,1-2H3,(H,20,23). The van der Waals surface area contributed by atoms with Crippen LogP contribution in [0.25, 0.3) is 10.9 Å². The summed E-state index contributed by atoms with van der Waals surface area (Å²) in [7, 11) is 1.79. The van der Waals surface area contributed by atoms with Crippen LogP contribution in [0.4, 0.5) is 5.69 Å². The van der Waals surface area contributed by atoms with Crippen LogP contribution in [0.3, 0.4) is 0 Å².